The van der Waals surface area contributed by atoms with Crippen molar-refractivity contribution in [3.63, 3.8) is 0 Å². The summed E-state index contributed by atoms with van der Waals surface area (Å²) >= 11 is 0. The summed E-state index contributed by atoms with van der Waals surface area (Å²) in [5.74, 6) is 0. The Hall–Kier alpha value is -1.18. The van der Waals surface area contributed by atoms with Gasteiger partial charge in [0.25, 0.3) is 0 Å². The Labute approximate surface area is 190 Å². The molecule has 0 saturated carbocycles. The Kier molecular flexibility index (Phi) is 7.78. The predicted molar refractivity (Wildman–Crippen MR) is 122 cm³/mol. The number of nitrogens with zero attached hydrogens (tertiary/aromatic N) is 3. The minimum Gasteiger partial charge on any atom is -0.387 e. The van der Waals surface area contributed by atoms with Crippen molar-refractivity contribution in [2.24, 2.45) is 5.73 Å². The zero-order valence-electron chi connectivity index (χ0n) is 19.3. The van der Waals surface area contributed by atoms with Gasteiger partial charge >= 0.3 is 0 Å². The quantitative estimate of drug-likeness (QED) is 0.261. The van der Waals surface area contributed by atoms with Crippen molar-refractivity contribution >= 4 is 0 Å². The van der Waals surface area contributed by atoms with E-state index < -0.39 is 24.5 Å². The lowest BCUT2D eigenvalue weighted by atomic mass is 10.1. The molecule has 3 heterocycles. The monoisotopic (exact) mass is 449 g/mol. The van der Waals surface area contributed by atoms with E-state index in [1.54, 1.807) is 0 Å². The molecule has 10 heteroatoms. The highest BCUT2D eigenvalue weighted by atomic mass is 16.6. The number of aliphatic hydroxyl groups excluding tert-OH is 2. The molecule has 0 spiro atoms. The second kappa shape index (κ2) is 10.4. The van der Waals surface area contributed by atoms with Gasteiger partial charge in [-0.1, -0.05) is 29.8 Å². The largest absolute Gasteiger partial charge is 0.387 e. The number of aryl methyl sites for hydroxylation is 1. The van der Waals surface area contributed by atoms with Gasteiger partial charge in [-0.15, -0.1) is 0 Å². The van der Waals surface area contributed by atoms with E-state index >= 15 is 0 Å². The molecule has 0 amide bonds. The number of nitrogens with one attached hydrogen (secondary N) is 3. The first-order valence-corrected chi connectivity index (χ1v) is 11.5. The van der Waals surface area contributed by atoms with Crippen LogP contribution in [0.5, 0.6) is 0 Å². The molecule has 0 bridgehead atoms. The summed E-state index contributed by atoms with van der Waals surface area (Å²) < 4.78 is 6.17. The number of ether oxygens (including phenoxy) is 1. The highest BCUT2D eigenvalue weighted by Crippen LogP contribution is 2.28. The number of fused-ring (bicyclic) bond motifs is 1. The van der Waals surface area contributed by atoms with E-state index in [9.17, 15) is 10.2 Å². The fourth-order valence-electron chi connectivity index (χ4n) is 4.95. The van der Waals surface area contributed by atoms with Crippen LogP contribution in [0.3, 0.4) is 0 Å². The molecule has 10 nitrogen and oxygen atoms in total. The van der Waals surface area contributed by atoms with E-state index in [-0.39, 0.29) is 18.4 Å². The van der Waals surface area contributed by atoms with Crippen LogP contribution in [0.15, 0.2) is 24.3 Å². The maximum Gasteiger partial charge on any atom is 0.142 e. The Morgan fingerprint density at radius 1 is 1.12 bits per heavy atom. The Bertz CT molecular complexity index is 756. The van der Waals surface area contributed by atoms with Gasteiger partial charge in [-0.3, -0.25) is 16.0 Å². The number of nitrogens with two attached hydrogens (primary N) is 1. The second-order valence-electron chi connectivity index (χ2n) is 9.49. The highest BCUT2D eigenvalue weighted by Gasteiger charge is 2.51. The van der Waals surface area contributed by atoms with Crippen molar-refractivity contribution in [3.05, 3.63) is 35.4 Å². The van der Waals surface area contributed by atoms with E-state index in [1.807, 2.05) is 11.9 Å². The lowest BCUT2D eigenvalue weighted by molar-refractivity contribution is -0.106. The maximum absolute atomic E-state index is 10.7. The standard InChI is InChI=1S/C22H39N7O3/c1-14-5-4-6-15(9-14)10-27(2)7-8-28(3)11-16-18(30)19(31)22(32-16)29-13-26-17-20(23)24-12-25-21(17)29/h4-6,9,16-22,24-26,30-31H,7-8,10-13,23H2,1-3H3/t16-,17?,18-,19-,20?,21?,22-/m1/s1. The summed E-state index contributed by atoms with van der Waals surface area (Å²) in [5.41, 5.74) is 8.72. The van der Waals surface area contributed by atoms with Gasteiger partial charge in [0.05, 0.1) is 25.0 Å². The smallest absolute Gasteiger partial charge is 0.142 e. The van der Waals surface area contributed by atoms with Gasteiger partial charge in [-0.2, -0.15) is 0 Å². The van der Waals surface area contributed by atoms with Crippen molar-refractivity contribution in [2.45, 2.75) is 56.4 Å². The van der Waals surface area contributed by atoms with Crippen LogP contribution in [0.25, 0.3) is 0 Å². The van der Waals surface area contributed by atoms with E-state index in [4.69, 9.17) is 10.5 Å². The number of aliphatic hydroxyl groups is 2. The average molecular weight is 450 g/mol. The Balaban J connectivity index is 1.26. The van der Waals surface area contributed by atoms with Gasteiger partial charge < -0.3 is 30.5 Å². The van der Waals surface area contributed by atoms with E-state index in [0.717, 1.165) is 19.6 Å². The van der Waals surface area contributed by atoms with Crippen molar-refractivity contribution in [2.75, 3.05) is 47.1 Å². The fraction of sp³-hybridized carbons (Fsp3) is 0.727. The summed E-state index contributed by atoms with van der Waals surface area (Å²) in [6, 6.07) is 8.59. The number of likely N-dealkylation sites (N-methyl/N-ethyl adjacent to an activating group) is 2. The maximum atomic E-state index is 10.7. The summed E-state index contributed by atoms with van der Waals surface area (Å²) in [4.78, 5) is 6.46. The van der Waals surface area contributed by atoms with Gasteiger partial charge in [0.1, 0.15) is 24.5 Å². The number of hydrogen-bond donors (Lipinski definition) is 6. The SMILES string of the molecule is Cc1cccc(CN(C)CCN(C)C[C@H]2O[C@@H](N3CNC4C(N)NCNC43)[C@H](O)[C@@H]2O)c1. The summed E-state index contributed by atoms with van der Waals surface area (Å²) in [7, 11) is 4.14. The molecular formula is C22H39N7O3. The zero-order chi connectivity index (χ0) is 22.8. The lowest BCUT2D eigenvalue weighted by Crippen LogP contribution is -2.68. The fourth-order valence-corrected chi connectivity index (χ4v) is 4.95. The summed E-state index contributed by atoms with van der Waals surface area (Å²) in [6.45, 7) is 6.43. The van der Waals surface area contributed by atoms with Crippen LogP contribution < -0.4 is 21.7 Å². The molecule has 3 fully saturated rings. The van der Waals surface area contributed by atoms with Crippen LogP contribution in [0.4, 0.5) is 0 Å². The number of rotatable bonds is 8. The summed E-state index contributed by atoms with van der Waals surface area (Å²) in [6.07, 6.45) is -3.14. The molecule has 32 heavy (non-hydrogen) atoms. The van der Waals surface area contributed by atoms with Gasteiger partial charge in [0.2, 0.25) is 0 Å². The molecule has 1 aromatic carbocycles. The lowest BCUT2D eigenvalue weighted by Gasteiger charge is -2.38. The molecule has 180 valence electrons. The van der Waals surface area contributed by atoms with E-state index in [2.05, 4.69) is 64.0 Å². The zero-order valence-corrected chi connectivity index (χ0v) is 19.3. The van der Waals surface area contributed by atoms with Crippen molar-refractivity contribution in [1.29, 1.82) is 0 Å². The molecule has 1 aromatic rings. The third-order valence-electron chi connectivity index (χ3n) is 6.80. The second-order valence-corrected chi connectivity index (χ2v) is 9.49. The van der Waals surface area contributed by atoms with E-state index in [0.29, 0.717) is 19.9 Å². The van der Waals surface area contributed by atoms with Gasteiger partial charge in [-0.05, 0) is 26.6 Å². The van der Waals surface area contributed by atoms with Crippen molar-refractivity contribution in [1.82, 2.24) is 30.7 Å². The average Bonchev–Trinajstić information content (AvgIpc) is 3.30. The van der Waals surface area contributed by atoms with Crippen LogP contribution in [-0.2, 0) is 11.3 Å². The molecule has 7 atom stereocenters. The first-order valence-electron chi connectivity index (χ1n) is 11.5. The molecule has 3 unspecified atom stereocenters. The Morgan fingerprint density at radius 3 is 2.69 bits per heavy atom. The summed E-state index contributed by atoms with van der Waals surface area (Å²) in [5, 5.41) is 31.3. The molecular weight excluding hydrogens is 410 g/mol. The van der Waals surface area contributed by atoms with Gasteiger partial charge in [0.15, 0.2) is 0 Å². The molecule has 0 aliphatic carbocycles. The molecule has 3 aliphatic rings. The molecule has 3 aliphatic heterocycles. The minimum absolute atomic E-state index is 0.0161. The van der Waals surface area contributed by atoms with Crippen molar-refractivity contribution in [3.8, 4) is 0 Å². The van der Waals surface area contributed by atoms with Crippen LogP contribution in [0, 0.1) is 6.92 Å². The number of benzene rings is 1. The molecule has 3 saturated heterocycles. The van der Waals surface area contributed by atoms with E-state index in [1.165, 1.54) is 11.1 Å². The normalized spacial score (nSPS) is 35.7. The van der Waals surface area contributed by atoms with Crippen LogP contribution >= 0.6 is 0 Å². The molecule has 4 rings (SSSR count). The van der Waals surface area contributed by atoms with Crippen LogP contribution in [0.1, 0.15) is 11.1 Å². The molecule has 0 aromatic heterocycles. The third kappa shape index (κ3) is 5.31. The third-order valence-corrected chi connectivity index (χ3v) is 6.80. The van der Waals surface area contributed by atoms with Crippen LogP contribution in [-0.4, -0.2) is 115 Å². The Morgan fingerprint density at radius 2 is 1.91 bits per heavy atom. The first-order chi connectivity index (χ1) is 15.3. The molecule has 0 radical (unpaired) electrons. The number of hydrogen-bond acceptors (Lipinski definition) is 10. The van der Waals surface area contributed by atoms with Crippen LogP contribution in [0.2, 0.25) is 0 Å². The van der Waals surface area contributed by atoms with Crippen molar-refractivity contribution < 1.29 is 14.9 Å². The van der Waals surface area contributed by atoms with Gasteiger partial charge in [0, 0.05) is 32.8 Å². The molecule has 7 N–H and O–H groups in total. The predicted octanol–water partition coefficient (Wildman–Crippen LogP) is -2.20. The topological polar surface area (TPSA) is 122 Å². The minimum atomic E-state index is -0.967. The first kappa shape index (κ1) is 24.0. The highest BCUT2D eigenvalue weighted by molar-refractivity contribution is 5.22. The van der Waals surface area contributed by atoms with Gasteiger partial charge in [-0.25, -0.2) is 4.90 Å².